The molecular weight excluding hydrogens is 414 g/mol. The van der Waals surface area contributed by atoms with Crippen molar-refractivity contribution >= 4 is 10.9 Å². The van der Waals surface area contributed by atoms with E-state index in [1.165, 1.54) is 44.9 Å². The standard InChI is InChI=1S/C28H45NO4/c1-5-8-11-13-14-16-21-32-23-17-18-24-25(22-23)29(19-15-12-9-6-2)28(30)27(31-4)26(24)33-20-10-7-3/h17-18,22H,5-16,19-21H2,1-4H3. The van der Waals surface area contributed by atoms with Crippen molar-refractivity contribution in [1.82, 2.24) is 4.57 Å². The summed E-state index contributed by atoms with van der Waals surface area (Å²) in [5, 5.41) is 0.907. The number of rotatable bonds is 18. The van der Waals surface area contributed by atoms with Crippen LogP contribution in [-0.2, 0) is 6.54 Å². The van der Waals surface area contributed by atoms with Gasteiger partial charge in [0.05, 0.1) is 25.8 Å². The molecule has 0 fully saturated rings. The Morgan fingerprint density at radius 3 is 2.06 bits per heavy atom. The van der Waals surface area contributed by atoms with Crippen molar-refractivity contribution in [3.63, 3.8) is 0 Å². The fourth-order valence-corrected chi connectivity index (χ4v) is 4.10. The van der Waals surface area contributed by atoms with E-state index in [-0.39, 0.29) is 5.56 Å². The number of aryl methyl sites for hydroxylation is 1. The maximum Gasteiger partial charge on any atom is 0.297 e. The van der Waals surface area contributed by atoms with Gasteiger partial charge in [0.2, 0.25) is 5.75 Å². The number of methoxy groups -OCH3 is 1. The SMILES string of the molecule is CCCCCCCCOc1ccc2c(OCCCC)c(OC)c(=O)n(CCCCCC)c2c1. The van der Waals surface area contributed by atoms with Gasteiger partial charge in [-0.2, -0.15) is 0 Å². The van der Waals surface area contributed by atoms with Gasteiger partial charge in [0.1, 0.15) is 5.75 Å². The molecule has 0 aliphatic rings. The van der Waals surface area contributed by atoms with E-state index in [0.29, 0.717) is 31.3 Å². The molecule has 0 spiro atoms. The summed E-state index contributed by atoms with van der Waals surface area (Å²) in [6, 6.07) is 5.99. The van der Waals surface area contributed by atoms with Gasteiger partial charge in [0.25, 0.3) is 5.56 Å². The highest BCUT2D eigenvalue weighted by atomic mass is 16.5. The van der Waals surface area contributed by atoms with Crippen LogP contribution in [-0.4, -0.2) is 24.9 Å². The monoisotopic (exact) mass is 459 g/mol. The van der Waals surface area contributed by atoms with Crippen LogP contribution in [0, 0.1) is 0 Å². The largest absolute Gasteiger partial charge is 0.494 e. The lowest BCUT2D eigenvalue weighted by molar-refractivity contribution is 0.288. The third-order valence-electron chi connectivity index (χ3n) is 6.10. The minimum absolute atomic E-state index is 0.124. The van der Waals surface area contributed by atoms with E-state index in [4.69, 9.17) is 14.2 Å². The van der Waals surface area contributed by atoms with E-state index < -0.39 is 0 Å². The molecule has 0 bridgehead atoms. The average Bonchev–Trinajstić information content (AvgIpc) is 2.82. The number of fused-ring (bicyclic) bond motifs is 1. The minimum Gasteiger partial charge on any atom is -0.494 e. The van der Waals surface area contributed by atoms with Crippen molar-refractivity contribution in [3.8, 4) is 17.2 Å². The van der Waals surface area contributed by atoms with Crippen molar-refractivity contribution in [3.05, 3.63) is 28.6 Å². The molecule has 0 amide bonds. The van der Waals surface area contributed by atoms with Crippen LogP contribution in [0.25, 0.3) is 10.9 Å². The predicted molar refractivity (Wildman–Crippen MR) is 138 cm³/mol. The normalized spacial score (nSPS) is 11.2. The van der Waals surface area contributed by atoms with Crippen molar-refractivity contribution in [2.75, 3.05) is 20.3 Å². The van der Waals surface area contributed by atoms with Gasteiger partial charge in [-0.25, -0.2) is 0 Å². The molecule has 0 unspecified atom stereocenters. The molecular formula is C28H45NO4. The summed E-state index contributed by atoms with van der Waals surface area (Å²) in [5.74, 6) is 1.66. The van der Waals surface area contributed by atoms with Crippen molar-refractivity contribution in [2.24, 2.45) is 0 Å². The second-order valence-corrected chi connectivity index (χ2v) is 8.88. The Labute approximate surface area is 200 Å². The van der Waals surface area contributed by atoms with Gasteiger partial charge in [-0.1, -0.05) is 78.6 Å². The molecule has 5 nitrogen and oxygen atoms in total. The Morgan fingerprint density at radius 1 is 0.727 bits per heavy atom. The highest BCUT2D eigenvalue weighted by Crippen LogP contribution is 2.35. The van der Waals surface area contributed by atoms with Crippen molar-refractivity contribution in [1.29, 1.82) is 0 Å². The zero-order chi connectivity index (χ0) is 23.9. The molecule has 0 atom stereocenters. The topological polar surface area (TPSA) is 49.7 Å². The number of hydrogen-bond acceptors (Lipinski definition) is 4. The third kappa shape index (κ3) is 8.28. The first-order chi connectivity index (χ1) is 16.2. The summed E-state index contributed by atoms with van der Waals surface area (Å²) >= 11 is 0. The predicted octanol–water partition coefficient (Wildman–Crippen LogP) is 7.51. The molecule has 0 radical (unpaired) electrons. The first-order valence-corrected chi connectivity index (χ1v) is 13.2. The zero-order valence-corrected chi connectivity index (χ0v) is 21.4. The van der Waals surface area contributed by atoms with Crippen LogP contribution in [0.2, 0.25) is 0 Å². The van der Waals surface area contributed by atoms with Crippen LogP contribution in [0.5, 0.6) is 17.2 Å². The minimum atomic E-state index is -0.124. The van der Waals surface area contributed by atoms with Crippen LogP contribution in [0.15, 0.2) is 23.0 Å². The molecule has 0 N–H and O–H groups in total. The van der Waals surface area contributed by atoms with Gasteiger partial charge in [-0.3, -0.25) is 4.79 Å². The van der Waals surface area contributed by atoms with Gasteiger partial charge in [0, 0.05) is 18.0 Å². The summed E-state index contributed by atoms with van der Waals surface area (Å²) in [6.07, 6.45) is 13.8. The van der Waals surface area contributed by atoms with Crippen molar-refractivity contribution < 1.29 is 14.2 Å². The van der Waals surface area contributed by atoms with Crippen molar-refractivity contribution in [2.45, 2.75) is 104 Å². The molecule has 5 heteroatoms. The van der Waals surface area contributed by atoms with Gasteiger partial charge in [-0.05, 0) is 31.4 Å². The molecule has 186 valence electrons. The number of pyridine rings is 1. The van der Waals surface area contributed by atoms with Crippen LogP contribution >= 0.6 is 0 Å². The number of nitrogens with zero attached hydrogens (tertiary/aromatic N) is 1. The molecule has 0 saturated carbocycles. The Bertz CT molecular complexity index is 874. The molecule has 0 aliphatic carbocycles. The van der Waals surface area contributed by atoms with Crippen LogP contribution < -0.4 is 19.8 Å². The lowest BCUT2D eigenvalue weighted by Gasteiger charge is -2.18. The van der Waals surface area contributed by atoms with Gasteiger partial charge >= 0.3 is 0 Å². The number of ether oxygens (including phenoxy) is 3. The molecule has 0 aliphatic heterocycles. The highest BCUT2D eigenvalue weighted by Gasteiger charge is 2.19. The molecule has 2 aromatic rings. The van der Waals surface area contributed by atoms with E-state index in [9.17, 15) is 4.79 Å². The number of aromatic nitrogens is 1. The summed E-state index contributed by atoms with van der Waals surface area (Å²) in [5.41, 5.74) is 0.741. The first-order valence-electron chi connectivity index (χ1n) is 13.2. The van der Waals surface area contributed by atoms with Crippen LogP contribution in [0.1, 0.15) is 97.8 Å². The number of unbranched alkanes of at least 4 members (excludes halogenated alkanes) is 9. The molecule has 1 heterocycles. The maximum atomic E-state index is 13.3. The first kappa shape index (κ1) is 27.1. The van der Waals surface area contributed by atoms with Crippen LogP contribution in [0.4, 0.5) is 0 Å². The number of hydrogen-bond donors (Lipinski definition) is 0. The fraction of sp³-hybridized carbons (Fsp3) is 0.679. The lowest BCUT2D eigenvalue weighted by atomic mass is 10.1. The van der Waals surface area contributed by atoms with Gasteiger partial charge < -0.3 is 18.8 Å². The van der Waals surface area contributed by atoms with Gasteiger partial charge in [-0.15, -0.1) is 0 Å². The summed E-state index contributed by atoms with van der Waals surface area (Å²) < 4.78 is 19.5. The Kier molecular flexibility index (Phi) is 12.8. The lowest BCUT2D eigenvalue weighted by Crippen LogP contribution is -2.23. The van der Waals surface area contributed by atoms with E-state index >= 15 is 0 Å². The van der Waals surface area contributed by atoms with Crippen LogP contribution in [0.3, 0.4) is 0 Å². The second-order valence-electron chi connectivity index (χ2n) is 8.88. The van der Waals surface area contributed by atoms with E-state index in [1.54, 1.807) is 7.11 Å². The number of benzene rings is 1. The quantitative estimate of drug-likeness (QED) is 0.216. The summed E-state index contributed by atoms with van der Waals surface area (Å²) in [7, 11) is 1.55. The van der Waals surface area contributed by atoms with E-state index in [1.807, 2.05) is 22.8 Å². The smallest absolute Gasteiger partial charge is 0.297 e. The molecule has 33 heavy (non-hydrogen) atoms. The van der Waals surface area contributed by atoms with E-state index in [2.05, 4.69) is 20.8 Å². The molecule has 1 aromatic carbocycles. The second kappa shape index (κ2) is 15.6. The molecule has 2 rings (SSSR count). The molecule has 1 aromatic heterocycles. The average molecular weight is 460 g/mol. The summed E-state index contributed by atoms with van der Waals surface area (Å²) in [4.78, 5) is 13.3. The third-order valence-corrected chi connectivity index (χ3v) is 6.10. The Morgan fingerprint density at radius 2 is 1.36 bits per heavy atom. The Balaban J connectivity index is 2.28. The molecule has 0 saturated heterocycles. The van der Waals surface area contributed by atoms with E-state index in [0.717, 1.165) is 48.8 Å². The highest BCUT2D eigenvalue weighted by molar-refractivity contribution is 5.89. The zero-order valence-electron chi connectivity index (χ0n) is 21.4. The Hall–Kier alpha value is -2.17. The maximum absolute atomic E-state index is 13.3. The fourth-order valence-electron chi connectivity index (χ4n) is 4.10. The summed E-state index contributed by atoms with van der Waals surface area (Å²) in [6.45, 7) is 8.50. The van der Waals surface area contributed by atoms with Gasteiger partial charge in [0.15, 0.2) is 5.75 Å².